The first-order valence-electron chi connectivity index (χ1n) is 10.4. The van der Waals surface area contributed by atoms with E-state index in [1.54, 1.807) is 42.9 Å². The lowest BCUT2D eigenvalue weighted by atomic mass is 9.99. The first kappa shape index (κ1) is 23.6. The Morgan fingerprint density at radius 3 is 2.76 bits per heavy atom. The minimum Gasteiger partial charge on any atom is -0.438 e. The topological polar surface area (TPSA) is 154 Å². The molecule has 4 N–H and O–H groups in total. The number of nitrogens with two attached hydrogens (primary N) is 1. The molecule has 2 aromatic heterocycles. The number of hydrogen-bond acceptors (Lipinski definition) is 8. The van der Waals surface area contributed by atoms with Crippen LogP contribution in [0.1, 0.15) is 23.4 Å². The fourth-order valence-electron chi connectivity index (χ4n) is 3.28. The lowest BCUT2D eigenvalue weighted by molar-refractivity contribution is 0.180. The number of benzene rings is 1. The maximum absolute atomic E-state index is 10.9. The zero-order chi connectivity index (χ0) is 24.0. The Labute approximate surface area is 195 Å². The van der Waals surface area contributed by atoms with Crippen LogP contribution < -0.4 is 10.5 Å². The van der Waals surface area contributed by atoms with E-state index < -0.39 is 7.82 Å². The number of ether oxygens (including phenoxy) is 1. The van der Waals surface area contributed by atoms with Gasteiger partial charge in [0, 0.05) is 42.1 Å². The first-order chi connectivity index (χ1) is 16.4. The van der Waals surface area contributed by atoms with Crippen molar-refractivity contribution >= 4 is 13.4 Å². The van der Waals surface area contributed by atoms with Gasteiger partial charge in [-0.25, -0.2) is 9.55 Å². The summed E-state index contributed by atoms with van der Waals surface area (Å²) in [4.78, 5) is 25.8. The van der Waals surface area contributed by atoms with Crippen LogP contribution in [-0.2, 0) is 15.5 Å². The maximum atomic E-state index is 10.9. The Hall–Kier alpha value is -3.56. The van der Waals surface area contributed by atoms with Gasteiger partial charge in [0.25, 0.3) is 0 Å². The third-order valence-electron chi connectivity index (χ3n) is 4.95. The summed E-state index contributed by atoms with van der Waals surface area (Å²) < 4.78 is 26.7. The molecule has 0 amide bonds. The second kappa shape index (κ2) is 10.6. The number of nitrogens with zero attached hydrogens (tertiary/aromatic N) is 3. The molecule has 0 saturated carbocycles. The number of allylic oxidation sites excluding steroid dienone is 4. The molecular weight excluding hydrogens is 459 g/mol. The maximum Gasteiger partial charge on any atom is 0.469 e. The van der Waals surface area contributed by atoms with Gasteiger partial charge in [-0.05, 0) is 30.2 Å². The lowest BCUT2D eigenvalue weighted by Gasteiger charge is -2.14. The molecular formula is C23H23N4O6P. The standard InChI is InChI=1S/C23H23N4O6P/c24-21-9-6-17(15-31-34(28,29)30)2-1-3-20(21)22-13-18(27-33-22)12-16-4-7-19(8-5-16)32-23-14-25-10-11-26-23/h1-5,7-11,13-14,17H,6,12,15,24H2,(H2,28,29,30)/b2-1+,20-3+,21-9-. The fourth-order valence-corrected chi connectivity index (χ4v) is 3.66. The lowest BCUT2D eigenvalue weighted by Crippen LogP contribution is -2.09. The molecule has 0 saturated heterocycles. The Kier molecular flexibility index (Phi) is 7.34. The van der Waals surface area contributed by atoms with Crippen LogP contribution in [0.4, 0.5) is 0 Å². The van der Waals surface area contributed by atoms with Gasteiger partial charge in [0.2, 0.25) is 5.88 Å². The number of phosphoric acid groups is 1. The van der Waals surface area contributed by atoms with E-state index in [0.717, 1.165) is 11.3 Å². The highest BCUT2D eigenvalue weighted by Crippen LogP contribution is 2.37. The summed E-state index contributed by atoms with van der Waals surface area (Å²) in [7, 11) is -4.51. The number of aromatic nitrogens is 3. The van der Waals surface area contributed by atoms with Gasteiger partial charge in [-0.1, -0.05) is 35.5 Å². The number of rotatable bonds is 8. The average molecular weight is 482 g/mol. The van der Waals surface area contributed by atoms with Crippen LogP contribution in [0.3, 0.4) is 0 Å². The van der Waals surface area contributed by atoms with Gasteiger partial charge < -0.3 is 24.8 Å². The highest BCUT2D eigenvalue weighted by atomic mass is 31.2. The summed E-state index contributed by atoms with van der Waals surface area (Å²) in [5.41, 5.74) is 9.15. The van der Waals surface area contributed by atoms with Gasteiger partial charge in [0.1, 0.15) is 5.75 Å². The third kappa shape index (κ3) is 6.72. The highest BCUT2D eigenvalue weighted by molar-refractivity contribution is 7.46. The normalized spacial score (nSPS) is 20.4. The van der Waals surface area contributed by atoms with E-state index in [2.05, 4.69) is 19.6 Å². The number of phosphoric ester groups is 1. The molecule has 176 valence electrons. The number of hydrogen-bond donors (Lipinski definition) is 3. The van der Waals surface area contributed by atoms with E-state index in [9.17, 15) is 4.57 Å². The van der Waals surface area contributed by atoms with Gasteiger partial charge >= 0.3 is 7.82 Å². The molecule has 1 unspecified atom stereocenters. The molecule has 1 aliphatic carbocycles. The van der Waals surface area contributed by atoms with Crippen molar-refractivity contribution in [3.05, 3.63) is 95.9 Å². The van der Waals surface area contributed by atoms with Crippen LogP contribution in [0.5, 0.6) is 11.6 Å². The Bertz CT molecular complexity index is 1250. The van der Waals surface area contributed by atoms with Crippen molar-refractivity contribution in [2.45, 2.75) is 12.8 Å². The fraction of sp³-hybridized carbons (Fsp3) is 0.174. The molecule has 3 aromatic rings. The Morgan fingerprint density at radius 2 is 2.03 bits per heavy atom. The van der Waals surface area contributed by atoms with Crippen molar-refractivity contribution in [2.24, 2.45) is 11.7 Å². The molecule has 10 nitrogen and oxygen atoms in total. The molecule has 0 aliphatic heterocycles. The van der Waals surface area contributed by atoms with Crippen LogP contribution in [0.15, 0.2) is 83.4 Å². The molecule has 4 rings (SSSR count). The SMILES string of the molecule is NC1=C\CC(COP(=O)(O)O)/C=C/C=C\1c1cc(Cc2ccc(Oc3cnccn3)cc2)no1. The molecule has 1 atom stereocenters. The van der Waals surface area contributed by atoms with E-state index in [1.165, 1.54) is 0 Å². The van der Waals surface area contributed by atoms with Crippen molar-refractivity contribution in [1.82, 2.24) is 15.1 Å². The van der Waals surface area contributed by atoms with Crippen molar-refractivity contribution in [3.8, 4) is 11.6 Å². The smallest absolute Gasteiger partial charge is 0.438 e. The predicted octanol–water partition coefficient (Wildman–Crippen LogP) is 3.76. The van der Waals surface area contributed by atoms with Crippen molar-refractivity contribution in [3.63, 3.8) is 0 Å². The summed E-state index contributed by atoms with van der Waals surface area (Å²) in [5, 5.41) is 4.16. The minimum absolute atomic E-state index is 0.108. The Balaban J connectivity index is 1.40. The minimum atomic E-state index is -4.51. The summed E-state index contributed by atoms with van der Waals surface area (Å²) >= 11 is 0. The second-order valence-corrected chi connectivity index (χ2v) is 8.80. The molecule has 0 radical (unpaired) electrons. The van der Waals surface area contributed by atoms with Gasteiger partial charge in [0.15, 0.2) is 5.76 Å². The third-order valence-corrected chi connectivity index (χ3v) is 5.43. The van der Waals surface area contributed by atoms with Crippen molar-refractivity contribution in [1.29, 1.82) is 0 Å². The van der Waals surface area contributed by atoms with Crippen molar-refractivity contribution in [2.75, 3.05) is 6.61 Å². The summed E-state index contributed by atoms with van der Waals surface area (Å²) in [6, 6.07) is 9.40. The second-order valence-electron chi connectivity index (χ2n) is 7.56. The zero-order valence-corrected chi connectivity index (χ0v) is 18.9. The van der Waals surface area contributed by atoms with Crippen molar-refractivity contribution < 1.29 is 28.1 Å². The summed E-state index contributed by atoms with van der Waals surface area (Å²) in [6.07, 6.45) is 12.8. The Morgan fingerprint density at radius 1 is 1.21 bits per heavy atom. The van der Waals surface area contributed by atoms with E-state index in [-0.39, 0.29) is 12.5 Å². The first-order valence-corrected chi connectivity index (χ1v) is 11.9. The van der Waals surface area contributed by atoms with E-state index >= 15 is 0 Å². The van der Waals surface area contributed by atoms with Gasteiger partial charge in [-0.3, -0.25) is 9.51 Å². The molecule has 1 aliphatic rings. The zero-order valence-electron chi connectivity index (χ0n) is 18.0. The molecule has 0 fully saturated rings. The predicted molar refractivity (Wildman–Crippen MR) is 123 cm³/mol. The molecule has 2 heterocycles. The van der Waals surface area contributed by atoms with Crippen LogP contribution in [-0.4, -0.2) is 31.5 Å². The van der Waals surface area contributed by atoms with Crippen LogP contribution in [0.2, 0.25) is 0 Å². The quantitative estimate of drug-likeness (QED) is 0.404. The monoisotopic (exact) mass is 482 g/mol. The van der Waals surface area contributed by atoms with Gasteiger partial charge in [-0.2, -0.15) is 0 Å². The van der Waals surface area contributed by atoms with E-state index in [1.807, 2.05) is 30.3 Å². The van der Waals surface area contributed by atoms with Gasteiger partial charge in [0.05, 0.1) is 18.5 Å². The summed E-state index contributed by atoms with van der Waals surface area (Å²) in [5.74, 6) is 1.39. The molecule has 11 heteroatoms. The molecule has 1 aromatic carbocycles. The van der Waals surface area contributed by atoms with Crippen LogP contribution >= 0.6 is 7.82 Å². The van der Waals surface area contributed by atoms with Crippen LogP contribution in [0, 0.1) is 5.92 Å². The molecule has 0 bridgehead atoms. The van der Waals surface area contributed by atoms with Crippen LogP contribution in [0.25, 0.3) is 5.57 Å². The molecule has 0 spiro atoms. The summed E-state index contributed by atoms with van der Waals surface area (Å²) in [6.45, 7) is -0.108. The molecule has 34 heavy (non-hydrogen) atoms. The van der Waals surface area contributed by atoms with E-state index in [4.69, 9.17) is 24.8 Å². The van der Waals surface area contributed by atoms with Gasteiger partial charge in [-0.15, -0.1) is 0 Å². The average Bonchev–Trinajstić information content (AvgIpc) is 3.25. The highest BCUT2D eigenvalue weighted by Gasteiger charge is 2.18. The largest absolute Gasteiger partial charge is 0.469 e. The van der Waals surface area contributed by atoms with E-state index in [0.29, 0.717) is 41.5 Å².